The minimum atomic E-state index is -0.143. The summed E-state index contributed by atoms with van der Waals surface area (Å²) in [5, 5.41) is 0. The van der Waals surface area contributed by atoms with Gasteiger partial charge in [0.1, 0.15) is 6.10 Å². The fraction of sp³-hybridized carbons (Fsp3) is 0.625. The van der Waals surface area contributed by atoms with Gasteiger partial charge in [0.15, 0.2) is 0 Å². The highest BCUT2D eigenvalue weighted by atomic mass is 27.1. The highest BCUT2D eigenvalue weighted by molar-refractivity contribution is 6.54. The van der Waals surface area contributed by atoms with Crippen molar-refractivity contribution in [2.75, 3.05) is 0 Å². The quantitative estimate of drug-likeness (QED) is 0.282. The van der Waals surface area contributed by atoms with Crippen LogP contribution in [0.2, 0.25) is 4.78 Å². The minimum Gasteiger partial charge on any atom is -0.459 e. The van der Waals surface area contributed by atoms with E-state index < -0.39 is 0 Å². The average Bonchev–Trinajstić information content (AvgIpc) is 2.61. The Morgan fingerprint density at radius 1 is 1.07 bits per heavy atom. The number of esters is 1. The van der Waals surface area contributed by atoms with Gasteiger partial charge in [0.05, 0.1) is 0 Å². The van der Waals surface area contributed by atoms with Crippen LogP contribution in [-0.2, 0) is 9.53 Å². The summed E-state index contributed by atoms with van der Waals surface area (Å²) in [7, 11) is 0. The predicted molar refractivity (Wildman–Crippen MR) is 115 cm³/mol. The number of hydrogen-bond acceptors (Lipinski definition) is 2. The van der Waals surface area contributed by atoms with E-state index in [1.54, 1.807) is 0 Å². The summed E-state index contributed by atoms with van der Waals surface area (Å²) in [5.41, 5.74) is 1.30. The summed E-state index contributed by atoms with van der Waals surface area (Å²) in [6.45, 7) is 13.2. The Balaban J connectivity index is 1.97. The third-order valence-corrected chi connectivity index (χ3v) is 7.09. The maximum absolute atomic E-state index is 12.8. The second-order valence-electron chi connectivity index (χ2n) is 8.96. The normalized spacial score (nSPS) is 20.1. The molecule has 1 aliphatic rings. The van der Waals surface area contributed by atoms with Gasteiger partial charge in [-0.25, -0.2) is 4.79 Å². The van der Waals surface area contributed by atoms with Gasteiger partial charge in [-0.1, -0.05) is 82.1 Å². The highest BCUT2D eigenvalue weighted by Gasteiger charge is 2.30. The zero-order chi connectivity index (χ0) is 19.8. The molecular formula is C24H36AlO2. The van der Waals surface area contributed by atoms with E-state index in [1.807, 2.05) is 6.07 Å². The van der Waals surface area contributed by atoms with E-state index in [9.17, 15) is 4.79 Å². The van der Waals surface area contributed by atoms with Crippen molar-refractivity contribution in [1.82, 2.24) is 0 Å². The number of carbonyl (C=O) groups is 1. The van der Waals surface area contributed by atoms with E-state index in [0.29, 0.717) is 22.5 Å². The Labute approximate surface area is 172 Å². The first kappa shape index (κ1) is 22.3. The summed E-state index contributed by atoms with van der Waals surface area (Å²) < 4.78 is 7.35. The van der Waals surface area contributed by atoms with Crippen molar-refractivity contribution < 1.29 is 9.53 Å². The van der Waals surface area contributed by atoms with Gasteiger partial charge in [0, 0.05) is 5.92 Å². The fourth-order valence-electron chi connectivity index (χ4n) is 4.33. The largest absolute Gasteiger partial charge is 0.459 e. The number of hydrogen-bond donors (Lipinski definition) is 0. The second-order valence-corrected chi connectivity index (χ2v) is 10.9. The average molecular weight is 384 g/mol. The van der Waals surface area contributed by atoms with Gasteiger partial charge in [0.25, 0.3) is 15.2 Å². The van der Waals surface area contributed by atoms with Gasteiger partial charge >= 0.3 is 5.97 Å². The number of benzene rings is 1. The molecule has 0 spiro atoms. The van der Waals surface area contributed by atoms with Crippen LogP contribution in [0.5, 0.6) is 0 Å². The first-order chi connectivity index (χ1) is 12.9. The molecule has 3 heteroatoms. The third-order valence-electron chi connectivity index (χ3n) is 5.44. The topological polar surface area (TPSA) is 26.3 Å². The molecule has 0 amide bonds. The summed E-state index contributed by atoms with van der Waals surface area (Å²) in [6, 6.07) is 10.5. The molecule has 1 fully saturated rings. The Bertz CT molecular complexity index is 584. The third kappa shape index (κ3) is 7.47. The van der Waals surface area contributed by atoms with E-state index in [2.05, 4.69) is 58.5 Å². The lowest BCUT2D eigenvalue weighted by Crippen LogP contribution is -2.30. The Morgan fingerprint density at radius 2 is 1.67 bits per heavy atom. The van der Waals surface area contributed by atoms with Gasteiger partial charge in [-0.2, -0.15) is 0 Å². The minimum absolute atomic E-state index is 0.00144. The summed E-state index contributed by atoms with van der Waals surface area (Å²) in [5.74, 6) is 1.50. The van der Waals surface area contributed by atoms with Crippen molar-refractivity contribution in [2.24, 2.45) is 11.8 Å². The SMILES string of the molecule is C=[C]([Al][CH](CC(C)C)CC(C)C)C(=O)O[C@@H]1CCCC[C@H]1c1ccccc1. The fourth-order valence-corrected chi connectivity index (χ4v) is 6.46. The van der Waals surface area contributed by atoms with Crippen molar-refractivity contribution in [1.29, 1.82) is 0 Å². The standard InChI is InChI=1S/C15H17O2.C9H19.Al/c1-2-15(16)17-14-11-7-6-10-13(14)12-8-4-3-5-9-12;1-8(2)6-5-7-9(3)4;/h3-5,8-9,13-14H,1,6-7,10-11H2;5,8-9H,6-7H2,1-4H3;/t13-,14+;;/m0../s1. The summed E-state index contributed by atoms with van der Waals surface area (Å²) in [6.07, 6.45) is 6.78. The lowest BCUT2D eigenvalue weighted by molar-refractivity contribution is -0.146. The number of rotatable bonds is 9. The molecule has 0 saturated heterocycles. The van der Waals surface area contributed by atoms with E-state index in [0.717, 1.165) is 23.7 Å². The molecule has 0 aliphatic heterocycles. The summed E-state index contributed by atoms with van der Waals surface area (Å²) in [4.78, 5) is 12.8. The second kappa shape index (κ2) is 11.1. The molecule has 1 aromatic rings. The molecule has 1 aliphatic carbocycles. The zero-order valence-electron chi connectivity index (χ0n) is 17.6. The molecule has 1 radical (unpaired) electrons. The molecule has 0 heterocycles. The van der Waals surface area contributed by atoms with Gasteiger partial charge < -0.3 is 4.74 Å². The maximum atomic E-state index is 12.8. The molecule has 1 aromatic carbocycles. The van der Waals surface area contributed by atoms with Crippen LogP contribution in [0.4, 0.5) is 0 Å². The van der Waals surface area contributed by atoms with Crippen LogP contribution in [0.25, 0.3) is 0 Å². The number of ether oxygens (including phenoxy) is 1. The van der Waals surface area contributed by atoms with Gasteiger partial charge in [0.2, 0.25) is 0 Å². The van der Waals surface area contributed by atoms with E-state index >= 15 is 0 Å². The molecule has 27 heavy (non-hydrogen) atoms. The van der Waals surface area contributed by atoms with E-state index in [-0.39, 0.29) is 27.3 Å². The predicted octanol–water partition coefficient (Wildman–Crippen LogP) is 6.35. The lowest BCUT2D eigenvalue weighted by atomic mass is 9.81. The van der Waals surface area contributed by atoms with Crippen LogP contribution in [0.1, 0.15) is 77.7 Å². The molecule has 0 N–H and O–H groups in total. The molecule has 147 valence electrons. The van der Waals surface area contributed by atoms with Crippen LogP contribution in [0, 0.1) is 11.8 Å². The Kier molecular flexibility index (Phi) is 9.13. The molecular weight excluding hydrogens is 347 g/mol. The monoisotopic (exact) mass is 383 g/mol. The molecule has 2 atom stereocenters. The molecule has 0 bridgehead atoms. The van der Waals surface area contributed by atoms with Crippen molar-refractivity contribution >= 4 is 21.2 Å². The highest BCUT2D eigenvalue weighted by Crippen LogP contribution is 2.35. The van der Waals surface area contributed by atoms with Crippen LogP contribution >= 0.6 is 0 Å². The van der Waals surface area contributed by atoms with Crippen LogP contribution in [0.3, 0.4) is 0 Å². The molecule has 0 unspecified atom stereocenters. The van der Waals surface area contributed by atoms with Gasteiger partial charge in [-0.15, -0.1) is 6.58 Å². The van der Waals surface area contributed by atoms with Crippen molar-refractivity contribution in [3.63, 3.8) is 0 Å². The number of carbonyl (C=O) groups excluding carboxylic acids is 1. The zero-order valence-corrected chi connectivity index (χ0v) is 18.8. The van der Waals surface area contributed by atoms with Crippen LogP contribution in [0.15, 0.2) is 41.3 Å². The maximum Gasteiger partial charge on any atom is 0.315 e. The van der Waals surface area contributed by atoms with Gasteiger partial charge in [-0.05, 0) is 41.1 Å². The van der Waals surface area contributed by atoms with Crippen molar-refractivity contribution in [3.8, 4) is 0 Å². The molecule has 0 aromatic heterocycles. The van der Waals surface area contributed by atoms with E-state index in [1.165, 1.54) is 24.8 Å². The molecule has 2 nitrogen and oxygen atoms in total. The first-order valence-electron chi connectivity index (χ1n) is 10.7. The smallest absolute Gasteiger partial charge is 0.315 e. The first-order valence-corrected chi connectivity index (χ1v) is 11.9. The molecule has 1 saturated carbocycles. The van der Waals surface area contributed by atoms with Crippen LogP contribution in [-0.4, -0.2) is 27.3 Å². The molecule has 2 rings (SSSR count). The van der Waals surface area contributed by atoms with Crippen molar-refractivity contribution in [3.05, 3.63) is 46.9 Å². The Hall–Kier alpha value is -1.04. The van der Waals surface area contributed by atoms with Crippen LogP contribution < -0.4 is 0 Å². The van der Waals surface area contributed by atoms with Gasteiger partial charge in [-0.3, -0.25) is 0 Å². The van der Waals surface area contributed by atoms with Crippen molar-refractivity contribution in [2.45, 2.75) is 83.0 Å². The summed E-state index contributed by atoms with van der Waals surface area (Å²) >= 11 is -0.102. The Morgan fingerprint density at radius 3 is 2.26 bits per heavy atom. The van der Waals surface area contributed by atoms with E-state index in [4.69, 9.17) is 4.74 Å². The lowest BCUT2D eigenvalue weighted by Gasteiger charge is -2.32.